The van der Waals surface area contributed by atoms with Gasteiger partial charge in [0.25, 0.3) is 0 Å². The Morgan fingerprint density at radius 3 is 2.61 bits per heavy atom. The first-order valence-corrected chi connectivity index (χ1v) is 5.88. The summed E-state index contributed by atoms with van der Waals surface area (Å²) < 4.78 is 25.8. The van der Waals surface area contributed by atoms with E-state index >= 15 is 0 Å². The number of fused-ring (bicyclic) bond motifs is 1. The van der Waals surface area contributed by atoms with Crippen LogP contribution in [0.3, 0.4) is 0 Å². The van der Waals surface area contributed by atoms with Crippen molar-refractivity contribution in [3.8, 4) is 0 Å². The van der Waals surface area contributed by atoms with Crippen molar-refractivity contribution >= 4 is 11.2 Å². The van der Waals surface area contributed by atoms with Crippen LogP contribution in [0.1, 0.15) is 26.0 Å². The third-order valence-corrected chi connectivity index (χ3v) is 2.56. The average Bonchev–Trinajstić information content (AvgIpc) is 2.66. The van der Waals surface area contributed by atoms with Gasteiger partial charge in [-0.25, -0.2) is 14.4 Å². The lowest BCUT2D eigenvalue weighted by Gasteiger charge is -2.16. The van der Waals surface area contributed by atoms with Crippen LogP contribution in [0.2, 0.25) is 0 Å². The Morgan fingerprint density at radius 1 is 1.33 bits per heavy atom. The van der Waals surface area contributed by atoms with E-state index in [4.69, 9.17) is 9.47 Å². The largest absolute Gasteiger partial charge is 0.346 e. The fraction of sp³-hybridized carbons (Fsp3) is 0.500. The minimum atomic E-state index is -0.553. The van der Waals surface area contributed by atoms with Gasteiger partial charge in [0.2, 0.25) is 6.29 Å². The molecular formula is C12H16FN3O2. The number of aromatic nitrogens is 3. The van der Waals surface area contributed by atoms with E-state index in [1.54, 1.807) is 11.6 Å². The summed E-state index contributed by atoms with van der Waals surface area (Å²) in [5.41, 5.74) is 1.10. The molecule has 2 rings (SSSR count). The summed E-state index contributed by atoms with van der Waals surface area (Å²) >= 11 is 0. The van der Waals surface area contributed by atoms with E-state index < -0.39 is 12.1 Å². The molecular weight excluding hydrogens is 237 g/mol. The Hall–Kier alpha value is -1.53. The van der Waals surface area contributed by atoms with Crippen LogP contribution in [0.4, 0.5) is 4.39 Å². The molecule has 0 amide bonds. The first kappa shape index (κ1) is 12.9. The summed E-state index contributed by atoms with van der Waals surface area (Å²) in [6.07, 6.45) is 0.617. The number of ether oxygens (including phenoxy) is 2. The van der Waals surface area contributed by atoms with Crippen LogP contribution in [-0.2, 0) is 16.5 Å². The molecule has 6 heteroatoms. The third kappa shape index (κ3) is 2.34. The fourth-order valence-electron chi connectivity index (χ4n) is 1.78. The lowest BCUT2D eigenvalue weighted by atomic mass is 10.4. The zero-order chi connectivity index (χ0) is 13.1. The highest BCUT2D eigenvalue weighted by Gasteiger charge is 2.20. The number of pyridine rings is 1. The Balaban J connectivity index is 2.45. The van der Waals surface area contributed by atoms with Gasteiger partial charge >= 0.3 is 0 Å². The summed E-state index contributed by atoms with van der Waals surface area (Å²) in [5.74, 6) is 0.184. The molecule has 0 aliphatic heterocycles. The molecule has 0 saturated heterocycles. The molecule has 2 aromatic heterocycles. The Morgan fingerprint density at radius 2 is 2.00 bits per heavy atom. The van der Waals surface area contributed by atoms with Crippen LogP contribution in [0, 0.1) is 5.82 Å². The Kier molecular flexibility index (Phi) is 3.88. The van der Waals surface area contributed by atoms with Crippen LogP contribution in [-0.4, -0.2) is 27.7 Å². The van der Waals surface area contributed by atoms with Crippen LogP contribution in [0.5, 0.6) is 0 Å². The second kappa shape index (κ2) is 5.41. The quantitative estimate of drug-likeness (QED) is 0.766. The van der Waals surface area contributed by atoms with E-state index in [1.165, 1.54) is 12.3 Å². The zero-order valence-electron chi connectivity index (χ0n) is 10.7. The number of halogens is 1. The van der Waals surface area contributed by atoms with E-state index in [9.17, 15) is 4.39 Å². The Labute approximate surface area is 105 Å². The van der Waals surface area contributed by atoms with Crippen molar-refractivity contribution in [1.82, 2.24) is 14.5 Å². The first-order chi connectivity index (χ1) is 8.67. The van der Waals surface area contributed by atoms with E-state index in [2.05, 4.69) is 9.97 Å². The molecule has 0 radical (unpaired) electrons. The van der Waals surface area contributed by atoms with E-state index in [1.807, 2.05) is 13.8 Å². The molecule has 0 aliphatic carbocycles. The number of aryl methyl sites for hydroxylation is 1. The molecule has 2 heterocycles. The highest BCUT2D eigenvalue weighted by Crippen LogP contribution is 2.22. The van der Waals surface area contributed by atoms with Gasteiger partial charge in [-0.3, -0.25) is 0 Å². The third-order valence-electron chi connectivity index (χ3n) is 2.56. The van der Waals surface area contributed by atoms with Gasteiger partial charge in [-0.05, 0) is 13.8 Å². The number of imidazole rings is 1. The predicted molar refractivity (Wildman–Crippen MR) is 64.5 cm³/mol. The van der Waals surface area contributed by atoms with E-state index in [0.29, 0.717) is 30.2 Å². The van der Waals surface area contributed by atoms with Gasteiger partial charge in [-0.1, -0.05) is 0 Å². The standard InChI is InChI=1S/C12H16FN3O2/c1-4-17-12(18-5-2)11-15-9-6-8(13)7-14-10(9)16(11)3/h6-7,12H,4-5H2,1-3H3. The van der Waals surface area contributed by atoms with E-state index in [-0.39, 0.29) is 0 Å². The summed E-state index contributed by atoms with van der Waals surface area (Å²) in [5, 5.41) is 0. The van der Waals surface area contributed by atoms with Crippen LogP contribution < -0.4 is 0 Å². The molecule has 0 unspecified atom stereocenters. The molecule has 0 spiro atoms. The molecule has 18 heavy (non-hydrogen) atoms. The van der Waals surface area contributed by atoms with Gasteiger partial charge in [-0.2, -0.15) is 0 Å². The predicted octanol–water partition coefficient (Wildman–Crippen LogP) is 2.18. The van der Waals surface area contributed by atoms with Crippen molar-refractivity contribution in [2.75, 3.05) is 13.2 Å². The van der Waals surface area contributed by atoms with Crippen molar-refractivity contribution < 1.29 is 13.9 Å². The normalized spacial score (nSPS) is 11.6. The summed E-state index contributed by atoms with van der Waals surface area (Å²) in [6.45, 7) is 4.78. The Bertz CT molecular complexity index is 535. The van der Waals surface area contributed by atoms with Crippen LogP contribution >= 0.6 is 0 Å². The summed E-state index contributed by atoms with van der Waals surface area (Å²) in [4.78, 5) is 8.34. The summed E-state index contributed by atoms with van der Waals surface area (Å²) in [7, 11) is 1.81. The number of rotatable bonds is 5. The molecule has 0 aromatic carbocycles. The highest BCUT2D eigenvalue weighted by molar-refractivity contribution is 5.71. The second-order valence-electron chi connectivity index (χ2n) is 3.77. The maximum Gasteiger partial charge on any atom is 0.217 e. The molecule has 0 aliphatic rings. The van der Waals surface area contributed by atoms with Crippen molar-refractivity contribution in [3.05, 3.63) is 23.9 Å². The molecule has 5 nitrogen and oxygen atoms in total. The number of nitrogens with zero attached hydrogens (tertiary/aromatic N) is 3. The van der Waals surface area contributed by atoms with Crippen LogP contribution in [0.25, 0.3) is 11.2 Å². The highest BCUT2D eigenvalue weighted by atomic mass is 19.1. The topological polar surface area (TPSA) is 49.2 Å². The van der Waals surface area contributed by atoms with Gasteiger partial charge in [-0.15, -0.1) is 0 Å². The molecule has 2 aromatic rings. The molecule has 0 bridgehead atoms. The maximum atomic E-state index is 13.1. The van der Waals surface area contributed by atoms with Gasteiger partial charge in [0.15, 0.2) is 11.5 Å². The summed E-state index contributed by atoms with van der Waals surface area (Å²) in [6, 6.07) is 1.35. The van der Waals surface area contributed by atoms with Gasteiger partial charge in [0, 0.05) is 26.3 Å². The van der Waals surface area contributed by atoms with Gasteiger partial charge < -0.3 is 14.0 Å². The van der Waals surface area contributed by atoms with Crippen molar-refractivity contribution in [3.63, 3.8) is 0 Å². The lowest BCUT2D eigenvalue weighted by molar-refractivity contribution is -0.146. The first-order valence-electron chi connectivity index (χ1n) is 5.88. The molecule has 98 valence electrons. The van der Waals surface area contributed by atoms with Crippen molar-refractivity contribution in [1.29, 1.82) is 0 Å². The molecule has 0 fully saturated rings. The lowest BCUT2D eigenvalue weighted by Crippen LogP contribution is -2.13. The zero-order valence-corrected chi connectivity index (χ0v) is 10.7. The minimum Gasteiger partial charge on any atom is -0.346 e. The fourth-order valence-corrected chi connectivity index (χ4v) is 1.78. The average molecular weight is 253 g/mol. The van der Waals surface area contributed by atoms with E-state index in [0.717, 1.165) is 0 Å². The molecule has 0 N–H and O–H groups in total. The second-order valence-corrected chi connectivity index (χ2v) is 3.77. The van der Waals surface area contributed by atoms with Crippen molar-refractivity contribution in [2.24, 2.45) is 7.05 Å². The SMILES string of the molecule is CCOC(OCC)c1nc2cc(F)cnc2n1C. The molecule has 0 atom stereocenters. The maximum absolute atomic E-state index is 13.1. The molecule has 0 saturated carbocycles. The number of hydrogen-bond donors (Lipinski definition) is 0. The van der Waals surface area contributed by atoms with Gasteiger partial charge in [0.1, 0.15) is 11.3 Å². The van der Waals surface area contributed by atoms with Gasteiger partial charge in [0.05, 0.1) is 6.20 Å². The smallest absolute Gasteiger partial charge is 0.217 e. The monoisotopic (exact) mass is 253 g/mol. The van der Waals surface area contributed by atoms with Crippen LogP contribution in [0.15, 0.2) is 12.3 Å². The number of hydrogen-bond acceptors (Lipinski definition) is 4. The minimum absolute atomic E-state index is 0.406. The van der Waals surface area contributed by atoms with Crippen molar-refractivity contribution in [2.45, 2.75) is 20.1 Å².